The van der Waals surface area contributed by atoms with E-state index >= 15 is 0 Å². The molecular formula is C8H12NO+. The maximum absolute atomic E-state index is 5.02. The van der Waals surface area contributed by atoms with Crippen LogP contribution in [0.25, 0.3) is 0 Å². The summed E-state index contributed by atoms with van der Waals surface area (Å²) in [5.74, 6) is 0. The fourth-order valence-electron chi connectivity index (χ4n) is 0.949. The predicted octanol–water partition coefficient (Wildman–Crippen LogP) is 0.649. The van der Waals surface area contributed by atoms with Crippen LogP contribution in [-0.4, -0.2) is 7.11 Å². The van der Waals surface area contributed by atoms with E-state index in [0.29, 0.717) is 0 Å². The van der Waals surface area contributed by atoms with Gasteiger partial charge in [0, 0.05) is 23.8 Å². The molecule has 1 rings (SSSR count). The molecule has 0 bridgehead atoms. The Morgan fingerprint density at radius 1 is 1.40 bits per heavy atom. The van der Waals surface area contributed by atoms with Gasteiger partial charge in [-0.3, -0.25) is 4.84 Å². The van der Waals surface area contributed by atoms with Gasteiger partial charge in [0.25, 0.3) is 0 Å². The average Bonchev–Trinajstić information content (AvgIpc) is 1.88. The third-order valence-electron chi connectivity index (χ3n) is 1.45. The van der Waals surface area contributed by atoms with Crippen LogP contribution < -0.4 is 9.57 Å². The van der Waals surface area contributed by atoms with Gasteiger partial charge < -0.3 is 0 Å². The van der Waals surface area contributed by atoms with Crippen molar-refractivity contribution in [1.82, 2.24) is 0 Å². The van der Waals surface area contributed by atoms with E-state index in [4.69, 9.17) is 4.84 Å². The molecule has 1 aromatic rings. The van der Waals surface area contributed by atoms with E-state index in [9.17, 15) is 0 Å². The van der Waals surface area contributed by atoms with Crippen molar-refractivity contribution in [2.75, 3.05) is 7.11 Å². The molecule has 1 heterocycles. The van der Waals surface area contributed by atoms with Crippen LogP contribution in [0.2, 0.25) is 0 Å². The van der Waals surface area contributed by atoms with Gasteiger partial charge >= 0.3 is 0 Å². The molecule has 0 aliphatic carbocycles. The summed E-state index contributed by atoms with van der Waals surface area (Å²) >= 11 is 0. The summed E-state index contributed by atoms with van der Waals surface area (Å²) in [6.45, 7) is 4.07. The van der Waals surface area contributed by atoms with E-state index in [1.807, 2.05) is 19.2 Å². The highest BCUT2D eigenvalue weighted by atomic mass is 16.6. The summed E-state index contributed by atoms with van der Waals surface area (Å²) in [5.41, 5.74) is 2.37. The first-order chi connectivity index (χ1) is 4.74. The van der Waals surface area contributed by atoms with Gasteiger partial charge in [-0.25, -0.2) is 0 Å². The van der Waals surface area contributed by atoms with Gasteiger partial charge in [-0.05, 0) is 12.5 Å². The van der Waals surface area contributed by atoms with Gasteiger partial charge in [0.1, 0.15) is 7.11 Å². The zero-order valence-corrected chi connectivity index (χ0v) is 6.59. The topological polar surface area (TPSA) is 13.1 Å². The molecule has 54 valence electrons. The monoisotopic (exact) mass is 138 g/mol. The summed E-state index contributed by atoms with van der Waals surface area (Å²) < 4.78 is 1.73. The van der Waals surface area contributed by atoms with Gasteiger partial charge in [-0.2, -0.15) is 0 Å². The average molecular weight is 138 g/mol. The lowest BCUT2D eigenvalue weighted by molar-refractivity contribution is -0.889. The first kappa shape index (κ1) is 7.06. The van der Waals surface area contributed by atoms with Crippen LogP contribution in [0.15, 0.2) is 18.3 Å². The van der Waals surface area contributed by atoms with Crippen molar-refractivity contribution in [3.63, 3.8) is 0 Å². The second kappa shape index (κ2) is 2.69. The largest absolute Gasteiger partial charge is 0.274 e. The smallest absolute Gasteiger partial charge is 0.231 e. The van der Waals surface area contributed by atoms with E-state index in [0.717, 1.165) is 5.69 Å². The lowest BCUT2D eigenvalue weighted by atomic mass is 10.2. The Balaban J connectivity index is 3.07. The van der Waals surface area contributed by atoms with Crippen LogP contribution in [0, 0.1) is 13.8 Å². The van der Waals surface area contributed by atoms with Crippen molar-refractivity contribution in [1.29, 1.82) is 0 Å². The highest BCUT2D eigenvalue weighted by Gasteiger charge is 2.03. The van der Waals surface area contributed by atoms with E-state index < -0.39 is 0 Å². The highest BCUT2D eigenvalue weighted by molar-refractivity contribution is 5.08. The molecular weight excluding hydrogens is 126 g/mol. The zero-order chi connectivity index (χ0) is 7.56. The second-order valence-electron chi connectivity index (χ2n) is 2.35. The third-order valence-corrected chi connectivity index (χ3v) is 1.45. The minimum Gasteiger partial charge on any atom is -0.274 e. The summed E-state index contributed by atoms with van der Waals surface area (Å²) in [6, 6.07) is 4.08. The molecule has 0 saturated carbocycles. The van der Waals surface area contributed by atoms with Crippen LogP contribution in [0.4, 0.5) is 0 Å². The van der Waals surface area contributed by atoms with Gasteiger partial charge in [0.05, 0.1) is 0 Å². The van der Waals surface area contributed by atoms with Gasteiger partial charge in [-0.1, -0.05) is 0 Å². The summed E-state index contributed by atoms with van der Waals surface area (Å²) in [6.07, 6.45) is 1.91. The maximum Gasteiger partial charge on any atom is 0.231 e. The predicted molar refractivity (Wildman–Crippen MR) is 38.6 cm³/mol. The number of nitrogens with zero attached hydrogens (tertiary/aromatic N) is 1. The molecule has 0 aliphatic rings. The van der Waals surface area contributed by atoms with Crippen molar-refractivity contribution >= 4 is 0 Å². The molecule has 10 heavy (non-hydrogen) atoms. The summed E-state index contributed by atoms with van der Waals surface area (Å²) in [7, 11) is 1.66. The Kier molecular flexibility index (Phi) is 1.90. The first-order valence-electron chi connectivity index (χ1n) is 3.27. The van der Waals surface area contributed by atoms with E-state index in [2.05, 4.69) is 13.0 Å². The van der Waals surface area contributed by atoms with Crippen LogP contribution in [0.3, 0.4) is 0 Å². The lowest BCUT2D eigenvalue weighted by Crippen LogP contribution is -2.42. The van der Waals surface area contributed by atoms with E-state index in [1.54, 1.807) is 11.8 Å². The molecule has 0 spiro atoms. The van der Waals surface area contributed by atoms with Crippen molar-refractivity contribution in [3.8, 4) is 0 Å². The molecule has 1 aromatic heterocycles. The van der Waals surface area contributed by atoms with Crippen molar-refractivity contribution in [2.45, 2.75) is 13.8 Å². The molecule has 0 atom stereocenters. The summed E-state index contributed by atoms with van der Waals surface area (Å²) in [5, 5.41) is 0. The molecule has 2 nitrogen and oxygen atoms in total. The quantitative estimate of drug-likeness (QED) is 0.519. The van der Waals surface area contributed by atoms with Crippen molar-refractivity contribution < 1.29 is 9.57 Å². The van der Waals surface area contributed by atoms with Crippen molar-refractivity contribution in [2.24, 2.45) is 0 Å². The van der Waals surface area contributed by atoms with Crippen LogP contribution >= 0.6 is 0 Å². The molecule has 0 aromatic carbocycles. The molecule has 0 radical (unpaired) electrons. The third kappa shape index (κ3) is 1.26. The summed E-state index contributed by atoms with van der Waals surface area (Å²) in [4.78, 5) is 5.02. The van der Waals surface area contributed by atoms with Gasteiger partial charge in [0.2, 0.25) is 11.9 Å². The van der Waals surface area contributed by atoms with Gasteiger partial charge in [-0.15, -0.1) is 0 Å². The molecule has 0 unspecified atom stereocenters. The number of aromatic nitrogens is 1. The zero-order valence-electron chi connectivity index (χ0n) is 6.59. The Morgan fingerprint density at radius 3 is 2.60 bits per heavy atom. The number of pyridine rings is 1. The molecule has 2 heteroatoms. The minimum atomic E-state index is 1.11. The fraction of sp³-hybridized carbons (Fsp3) is 0.375. The number of aryl methyl sites for hydroxylation is 2. The molecule has 0 N–H and O–H groups in total. The van der Waals surface area contributed by atoms with E-state index in [1.165, 1.54) is 5.56 Å². The SMILES string of the molecule is CO[n+]1ccc(C)cc1C. The standard InChI is InChI=1S/C8H12NO/c1-7-4-5-9(10-3)8(2)6-7/h4-6H,1-3H3/q+1. The highest BCUT2D eigenvalue weighted by Crippen LogP contribution is 1.94. The van der Waals surface area contributed by atoms with Crippen LogP contribution in [-0.2, 0) is 0 Å². The number of rotatable bonds is 1. The first-order valence-corrected chi connectivity index (χ1v) is 3.27. The lowest BCUT2D eigenvalue weighted by Gasteiger charge is -1.94. The Hall–Kier alpha value is -1.05. The maximum atomic E-state index is 5.02. The molecule has 0 fully saturated rings. The molecule has 0 saturated heterocycles. The normalized spacial score (nSPS) is 9.50. The minimum absolute atomic E-state index is 1.11. The van der Waals surface area contributed by atoms with Crippen LogP contribution in [0.1, 0.15) is 11.3 Å². The second-order valence-corrected chi connectivity index (χ2v) is 2.35. The fourth-order valence-corrected chi connectivity index (χ4v) is 0.949. The van der Waals surface area contributed by atoms with E-state index in [-0.39, 0.29) is 0 Å². The van der Waals surface area contributed by atoms with Gasteiger partial charge in [0.15, 0.2) is 0 Å². The molecule has 0 aliphatic heterocycles. The Bertz CT molecular complexity index is 233. The Morgan fingerprint density at radius 2 is 2.10 bits per heavy atom. The number of hydrogen-bond acceptors (Lipinski definition) is 1. The number of hydrogen-bond donors (Lipinski definition) is 0. The molecule has 0 amide bonds. The van der Waals surface area contributed by atoms with Crippen molar-refractivity contribution in [3.05, 3.63) is 29.6 Å². The van der Waals surface area contributed by atoms with Crippen LogP contribution in [0.5, 0.6) is 0 Å². The Labute approximate surface area is 61.0 Å².